The van der Waals surface area contributed by atoms with Crippen LogP contribution in [-0.2, 0) is 6.42 Å². The molecular formula is C12H16ClN3. The Labute approximate surface area is 102 Å². The van der Waals surface area contributed by atoms with Crippen molar-refractivity contribution in [2.24, 2.45) is 5.73 Å². The Kier molecular flexibility index (Phi) is 4.65. The number of hydrogen-bond acceptors (Lipinski definition) is 3. The summed E-state index contributed by atoms with van der Waals surface area (Å²) in [5, 5.41) is 0. The highest BCUT2D eigenvalue weighted by molar-refractivity contribution is 5.85. The van der Waals surface area contributed by atoms with Crippen LogP contribution in [0.1, 0.15) is 18.9 Å². The van der Waals surface area contributed by atoms with Gasteiger partial charge in [-0.25, -0.2) is 0 Å². The van der Waals surface area contributed by atoms with Crippen LogP contribution in [0.25, 0.3) is 11.0 Å². The zero-order valence-electron chi connectivity index (χ0n) is 9.26. The van der Waals surface area contributed by atoms with Crippen molar-refractivity contribution < 1.29 is 0 Å². The van der Waals surface area contributed by atoms with Gasteiger partial charge in [0.1, 0.15) is 0 Å². The molecule has 2 N–H and O–H groups in total. The molecule has 0 saturated heterocycles. The summed E-state index contributed by atoms with van der Waals surface area (Å²) in [5.74, 6) is 0. The maximum atomic E-state index is 5.91. The molecule has 2 aromatic rings. The van der Waals surface area contributed by atoms with Crippen molar-refractivity contribution in [3.05, 3.63) is 36.2 Å². The minimum atomic E-state index is 0. The normalized spacial score (nSPS) is 12.1. The third-order valence-electron chi connectivity index (χ3n) is 2.56. The molecule has 0 fully saturated rings. The molecule has 1 aromatic heterocycles. The monoisotopic (exact) mass is 237 g/mol. The van der Waals surface area contributed by atoms with Gasteiger partial charge in [0.2, 0.25) is 0 Å². The Balaban J connectivity index is 0.00000128. The molecule has 4 heteroatoms. The fraction of sp³-hybridized carbons (Fsp3) is 0.333. The molecule has 0 spiro atoms. The third kappa shape index (κ3) is 2.90. The summed E-state index contributed by atoms with van der Waals surface area (Å²) in [5.41, 5.74) is 9.03. The molecule has 3 nitrogen and oxygen atoms in total. The van der Waals surface area contributed by atoms with E-state index in [9.17, 15) is 0 Å². The van der Waals surface area contributed by atoms with Crippen LogP contribution in [0.5, 0.6) is 0 Å². The minimum Gasteiger partial charge on any atom is -0.327 e. The highest BCUT2D eigenvalue weighted by atomic mass is 35.5. The number of nitrogens with zero attached hydrogens (tertiary/aromatic N) is 2. The van der Waals surface area contributed by atoms with Gasteiger partial charge in [-0.1, -0.05) is 13.0 Å². The molecular weight excluding hydrogens is 222 g/mol. The lowest BCUT2D eigenvalue weighted by atomic mass is 10.0. The maximum Gasteiger partial charge on any atom is 0.0889 e. The van der Waals surface area contributed by atoms with Crippen LogP contribution in [-0.4, -0.2) is 16.0 Å². The topological polar surface area (TPSA) is 51.8 Å². The number of halogens is 1. The first-order valence-electron chi connectivity index (χ1n) is 5.25. The summed E-state index contributed by atoms with van der Waals surface area (Å²) in [6.07, 6.45) is 5.33. The molecule has 16 heavy (non-hydrogen) atoms. The first-order valence-corrected chi connectivity index (χ1v) is 5.25. The standard InChI is InChI=1S/C12H15N3.ClH/c1-2-10(13)7-9-3-4-11-12(8-9)15-6-5-14-11;/h3-6,8,10H,2,7,13H2,1H3;1H. The first-order chi connectivity index (χ1) is 7.29. The van der Waals surface area contributed by atoms with Crippen LogP contribution in [0.3, 0.4) is 0 Å². The Morgan fingerprint density at radius 2 is 1.88 bits per heavy atom. The summed E-state index contributed by atoms with van der Waals surface area (Å²) in [6, 6.07) is 6.38. The molecule has 0 bridgehead atoms. The fourth-order valence-electron chi connectivity index (χ4n) is 1.58. The zero-order valence-corrected chi connectivity index (χ0v) is 10.1. The highest BCUT2D eigenvalue weighted by Crippen LogP contribution is 2.12. The van der Waals surface area contributed by atoms with Gasteiger partial charge >= 0.3 is 0 Å². The van der Waals surface area contributed by atoms with E-state index in [0.29, 0.717) is 0 Å². The summed E-state index contributed by atoms with van der Waals surface area (Å²) in [7, 11) is 0. The lowest BCUT2D eigenvalue weighted by Crippen LogP contribution is -2.21. The Bertz CT molecular complexity index is 459. The van der Waals surface area contributed by atoms with E-state index in [0.717, 1.165) is 23.9 Å². The molecule has 0 aliphatic heterocycles. The van der Waals surface area contributed by atoms with Gasteiger partial charge in [0.15, 0.2) is 0 Å². The predicted molar refractivity (Wildman–Crippen MR) is 68.8 cm³/mol. The van der Waals surface area contributed by atoms with Crippen molar-refractivity contribution in [1.29, 1.82) is 0 Å². The number of aromatic nitrogens is 2. The van der Waals surface area contributed by atoms with Gasteiger partial charge in [-0.2, -0.15) is 0 Å². The van der Waals surface area contributed by atoms with Crippen molar-refractivity contribution in [2.75, 3.05) is 0 Å². The van der Waals surface area contributed by atoms with Crippen LogP contribution in [0.4, 0.5) is 0 Å². The average molecular weight is 238 g/mol. The number of benzene rings is 1. The highest BCUT2D eigenvalue weighted by Gasteiger charge is 2.02. The Morgan fingerprint density at radius 1 is 1.19 bits per heavy atom. The summed E-state index contributed by atoms with van der Waals surface area (Å²) >= 11 is 0. The van der Waals surface area contributed by atoms with E-state index in [1.165, 1.54) is 5.56 Å². The molecule has 1 atom stereocenters. The second-order valence-electron chi connectivity index (χ2n) is 3.75. The largest absolute Gasteiger partial charge is 0.327 e. The van der Waals surface area contributed by atoms with Crippen molar-refractivity contribution in [1.82, 2.24) is 9.97 Å². The molecule has 0 amide bonds. The lowest BCUT2D eigenvalue weighted by Gasteiger charge is -2.08. The summed E-state index contributed by atoms with van der Waals surface area (Å²) < 4.78 is 0. The third-order valence-corrected chi connectivity index (χ3v) is 2.56. The predicted octanol–water partition coefficient (Wildman–Crippen LogP) is 2.33. The Hall–Kier alpha value is -1.19. The van der Waals surface area contributed by atoms with E-state index < -0.39 is 0 Å². The van der Waals surface area contributed by atoms with Crippen LogP contribution >= 0.6 is 12.4 Å². The van der Waals surface area contributed by atoms with E-state index in [4.69, 9.17) is 5.73 Å². The van der Waals surface area contributed by atoms with Crippen molar-refractivity contribution in [2.45, 2.75) is 25.8 Å². The number of fused-ring (bicyclic) bond motifs is 1. The van der Waals surface area contributed by atoms with Crippen molar-refractivity contribution in [3.63, 3.8) is 0 Å². The molecule has 86 valence electrons. The van der Waals surface area contributed by atoms with Gasteiger partial charge in [-0.3, -0.25) is 9.97 Å². The van der Waals surface area contributed by atoms with Gasteiger partial charge in [0, 0.05) is 18.4 Å². The van der Waals surface area contributed by atoms with E-state index in [2.05, 4.69) is 29.0 Å². The minimum absolute atomic E-state index is 0. The van der Waals surface area contributed by atoms with Gasteiger partial charge < -0.3 is 5.73 Å². The SMILES string of the molecule is CCC(N)Cc1ccc2nccnc2c1.Cl. The van der Waals surface area contributed by atoms with Crippen LogP contribution in [0, 0.1) is 0 Å². The van der Waals surface area contributed by atoms with Crippen molar-refractivity contribution >= 4 is 23.4 Å². The fourth-order valence-corrected chi connectivity index (χ4v) is 1.58. The summed E-state index contributed by atoms with van der Waals surface area (Å²) in [4.78, 5) is 8.50. The molecule has 1 heterocycles. The quantitative estimate of drug-likeness (QED) is 0.892. The zero-order chi connectivity index (χ0) is 10.7. The maximum absolute atomic E-state index is 5.91. The van der Waals surface area contributed by atoms with Crippen LogP contribution < -0.4 is 5.73 Å². The molecule has 0 aliphatic carbocycles. The molecule has 1 unspecified atom stereocenters. The van der Waals surface area contributed by atoms with Gasteiger partial charge in [0.05, 0.1) is 11.0 Å². The molecule has 0 radical (unpaired) electrons. The second-order valence-corrected chi connectivity index (χ2v) is 3.75. The summed E-state index contributed by atoms with van der Waals surface area (Å²) in [6.45, 7) is 2.10. The lowest BCUT2D eigenvalue weighted by molar-refractivity contribution is 0.647. The van der Waals surface area contributed by atoms with E-state index in [1.54, 1.807) is 12.4 Å². The number of hydrogen-bond donors (Lipinski definition) is 1. The van der Waals surface area contributed by atoms with Gasteiger partial charge in [0.25, 0.3) is 0 Å². The number of rotatable bonds is 3. The number of nitrogens with two attached hydrogens (primary N) is 1. The second kappa shape index (κ2) is 5.77. The van der Waals surface area contributed by atoms with E-state index in [-0.39, 0.29) is 18.4 Å². The van der Waals surface area contributed by atoms with Gasteiger partial charge in [-0.05, 0) is 30.5 Å². The van der Waals surface area contributed by atoms with Gasteiger partial charge in [-0.15, -0.1) is 12.4 Å². The molecule has 2 rings (SSSR count). The molecule has 0 aliphatic rings. The molecule has 1 aromatic carbocycles. The Morgan fingerprint density at radius 3 is 2.56 bits per heavy atom. The molecule has 0 saturated carbocycles. The average Bonchev–Trinajstić information content (AvgIpc) is 2.29. The van der Waals surface area contributed by atoms with Crippen molar-refractivity contribution in [3.8, 4) is 0 Å². The van der Waals surface area contributed by atoms with Crippen LogP contribution in [0.2, 0.25) is 0 Å². The first kappa shape index (κ1) is 12.9. The van der Waals surface area contributed by atoms with E-state index >= 15 is 0 Å². The smallest absolute Gasteiger partial charge is 0.0889 e. The van der Waals surface area contributed by atoms with Crippen LogP contribution in [0.15, 0.2) is 30.6 Å². The van der Waals surface area contributed by atoms with E-state index in [1.807, 2.05) is 6.07 Å².